The Hall–Kier alpha value is -3.51. The van der Waals surface area contributed by atoms with Gasteiger partial charge in [0.05, 0.1) is 22.1 Å². The number of rotatable bonds is 6. The van der Waals surface area contributed by atoms with Gasteiger partial charge in [0.1, 0.15) is 0 Å². The lowest BCUT2D eigenvalue weighted by molar-refractivity contribution is 0.0951. The van der Waals surface area contributed by atoms with Crippen molar-refractivity contribution < 1.29 is 9.59 Å². The van der Waals surface area contributed by atoms with E-state index in [0.29, 0.717) is 28.5 Å². The Balaban J connectivity index is 1.51. The summed E-state index contributed by atoms with van der Waals surface area (Å²) in [5.74, 6) is -0.196. The fourth-order valence-electron chi connectivity index (χ4n) is 4.00. The van der Waals surface area contributed by atoms with E-state index in [1.165, 1.54) is 5.56 Å². The lowest BCUT2D eigenvalue weighted by Crippen LogP contribution is -2.26. The van der Waals surface area contributed by atoms with E-state index in [1.807, 2.05) is 50.2 Å². The van der Waals surface area contributed by atoms with Gasteiger partial charge in [-0.3, -0.25) is 4.79 Å². The van der Waals surface area contributed by atoms with Gasteiger partial charge in [0.15, 0.2) is 0 Å². The highest BCUT2D eigenvalue weighted by molar-refractivity contribution is 6.33. The Morgan fingerprint density at radius 2 is 1.53 bits per heavy atom. The molecule has 34 heavy (non-hydrogen) atoms. The SMILES string of the molecule is Cc1ccc(CNC(=O)c2ccc(N3CCCC3)c(NC(=O)Nc3ccc(C)cc3Cl)c2)cc1. The average molecular weight is 477 g/mol. The molecule has 0 spiro atoms. The molecule has 7 heteroatoms. The highest BCUT2D eigenvalue weighted by atomic mass is 35.5. The monoisotopic (exact) mass is 476 g/mol. The molecule has 0 bridgehead atoms. The second-order valence-corrected chi connectivity index (χ2v) is 9.06. The predicted octanol–water partition coefficient (Wildman–Crippen LogP) is 6.13. The molecule has 3 amide bonds. The van der Waals surface area contributed by atoms with Crippen molar-refractivity contribution in [3.8, 4) is 0 Å². The van der Waals surface area contributed by atoms with Crippen LogP contribution in [0.4, 0.5) is 21.9 Å². The first-order valence-electron chi connectivity index (χ1n) is 11.5. The molecule has 1 heterocycles. The van der Waals surface area contributed by atoms with Crippen LogP contribution in [0.2, 0.25) is 5.02 Å². The molecular formula is C27H29ClN4O2. The second kappa shape index (κ2) is 10.6. The minimum Gasteiger partial charge on any atom is -0.370 e. The van der Waals surface area contributed by atoms with E-state index in [1.54, 1.807) is 24.3 Å². The number of aryl methyl sites for hydroxylation is 2. The maximum absolute atomic E-state index is 12.9. The number of carbonyl (C=O) groups is 2. The van der Waals surface area contributed by atoms with Crippen LogP contribution in [-0.2, 0) is 6.54 Å². The van der Waals surface area contributed by atoms with Gasteiger partial charge >= 0.3 is 6.03 Å². The summed E-state index contributed by atoms with van der Waals surface area (Å²) >= 11 is 6.27. The summed E-state index contributed by atoms with van der Waals surface area (Å²) in [5.41, 5.74) is 5.71. The summed E-state index contributed by atoms with van der Waals surface area (Å²) in [4.78, 5) is 27.9. The molecule has 0 atom stereocenters. The van der Waals surface area contributed by atoms with Crippen LogP contribution in [0, 0.1) is 13.8 Å². The van der Waals surface area contributed by atoms with E-state index in [9.17, 15) is 9.59 Å². The second-order valence-electron chi connectivity index (χ2n) is 8.66. The highest BCUT2D eigenvalue weighted by Gasteiger charge is 2.19. The standard InChI is InChI=1S/C27H29ClN4O2/c1-18-5-8-20(9-6-18)17-29-26(33)21-10-12-25(32-13-3-4-14-32)24(16-21)31-27(34)30-23-11-7-19(2)15-22(23)28/h5-12,15-16H,3-4,13-14,17H2,1-2H3,(H,29,33)(H2,30,31,34). The minimum atomic E-state index is -0.414. The third-order valence-electron chi connectivity index (χ3n) is 5.90. The number of amides is 3. The van der Waals surface area contributed by atoms with Crippen LogP contribution in [0.15, 0.2) is 60.7 Å². The molecule has 176 valence electrons. The average Bonchev–Trinajstić information content (AvgIpc) is 3.35. The molecule has 0 radical (unpaired) electrons. The zero-order valence-corrected chi connectivity index (χ0v) is 20.2. The number of carbonyl (C=O) groups excluding carboxylic acids is 2. The Bertz CT molecular complexity index is 1190. The van der Waals surface area contributed by atoms with Crippen molar-refractivity contribution in [1.82, 2.24) is 5.32 Å². The highest BCUT2D eigenvalue weighted by Crippen LogP contribution is 2.31. The molecule has 1 saturated heterocycles. The van der Waals surface area contributed by atoms with Crippen molar-refractivity contribution in [3.63, 3.8) is 0 Å². The van der Waals surface area contributed by atoms with Gasteiger partial charge in [-0.15, -0.1) is 0 Å². The van der Waals surface area contributed by atoms with E-state index in [-0.39, 0.29) is 5.91 Å². The Morgan fingerprint density at radius 3 is 2.24 bits per heavy atom. The molecule has 1 fully saturated rings. The zero-order chi connectivity index (χ0) is 24.1. The predicted molar refractivity (Wildman–Crippen MR) is 139 cm³/mol. The first-order valence-corrected chi connectivity index (χ1v) is 11.8. The number of hydrogen-bond acceptors (Lipinski definition) is 3. The molecular weight excluding hydrogens is 448 g/mol. The molecule has 0 unspecified atom stereocenters. The largest absolute Gasteiger partial charge is 0.370 e. The van der Waals surface area contributed by atoms with Crippen LogP contribution in [0.3, 0.4) is 0 Å². The van der Waals surface area contributed by atoms with Crippen molar-refractivity contribution >= 4 is 40.6 Å². The van der Waals surface area contributed by atoms with E-state index in [4.69, 9.17) is 11.6 Å². The van der Waals surface area contributed by atoms with E-state index < -0.39 is 6.03 Å². The minimum absolute atomic E-state index is 0.196. The topological polar surface area (TPSA) is 73.5 Å². The van der Waals surface area contributed by atoms with Crippen LogP contribution in [0.1, 0.15) is 39.9 Å². The Kier molecular flexibility index (Phi) is 7.38. The molecule has 1 aliphatic heterocycles. The molecule has 0 aromatic heterocycles. The Morgan fingerprint density at radius 1 is 0.853 bits per heavy atom. The number of nitrogens with zero attached hydrogens (tertiary/aromatic N) is 1. The number of halogens is 1. The third kappa shape index (κ3) is 5.88. The molecule has 6 nitrogen and oxygen atoms in total. The number of urea groups is 1. The van der Waals surface area contributed by atoms with E-state index in [0.717, 1.165) is 42.7 Å². The molecule has 0 saturated carbocycles. The van der Waals surface area contributed by atoms with Gasteiger partial charge in [0.2, 0.25) is 0 Å². The molecule has 3 aromatic carbocycles. The lowest BCUT2D eigenvalue weighted by atomic mass is 10.1. The van der Waals surface area contributed by atoms with Gasteiger partial charge in [-0.2, -0.15) is 0 Å². The van der Waals surface area contributed by atoms with Crippen LogP contribution >= 0.6 is 11.6 Å². The van der Waals surface area contributed by atoms with Gasteiger partial charge in [-0.1, -0.05) is 47.5 Å². The number of nitrogens with one attached hydrogen (secondary N) is 3. The summed E-state index contributed by atoms with van der Waals surface area (Å²) in [6, 6.07) is 18.5. The van der Waals surface area contributed by atoms with Gasteiger partial charge in [0.25, 0.3) is 5.91 Å². The smallest absolute Gasteiger partial charge is 0.323 e. The number of benzene rings is 3. The molecule has 0 aliphatic carbocycles. The van der Waals surface area contributed by atoms with Crippen molar-refractivity contribution in [2.45, 2.75) is 33.2 Å². The third-order valence-corrected chi connectivity index (χ3v) is 6.21. The van der Waals surface area contributed by atoms with Crippen LogP contribution < -0.4 is 20.9 Å². The molecule has 1 aliphatic rings. The van der Waals surface area contributed by atoms with Crippen LogP contribution in [0.25, 0.3) is 0 Å². The quantitative estimate of drug-likeness (QED) is 0.400. The Labute approximate surface area is 205 Å². The van der Waals surface area contributed by atoms with Crippen molar-refractivity contribution in [2.75, 3.05) is 28.6 Å². The number of anilines is 3. The van der Waals surface area contributed by atoms with Crippen molar-refractivity contribution in [2.24, 2.45) is 0 Å². The summed E-state index contributed by atoms with van der Waals surface area (Å²) in [7, 11) is 0. The van der Waals surface area contributed by atoms with Crippen LogP contribution in [0.5, 0.6) is 0 Å². The normalized spacial score (nSPS) is 13.0. The number of hydrogen-bond donors (Lipinski definition) is 3. The van der Waals surface area contributed by atoms with Gasteiger partial charge in [0, 0.05) is 25.2 Å². The maximum Gasteiger partial charge on any atom is 0.323 e. The summed E-state index contributed by atoms with van der Waals surface area (Å²) in [6.45, 7) is 6.23. The molecule has 3 N–H and O–H groups in total. The van der Waals surface area contributed by atoms with Crippen LogP contribution in [-0.4, -0.2) is 25.0 Å². The van der Waals surface area contributed by atoms with Gasteiger partial charge in [-0.05, 0) is 68.1 Å². The summed E-state index contributed by atoms with van der Waals surface area (Å²) in [5, 5.41) is 9.16. The first-order chi connectivity index (χ1) is 16.4. The van der Waals surface area contributed by atoms with Gasteiger partial charge in [-0.25, -0.2) is 4.79 Å². The van der Waals surface area contributed by atoms with Crippen molar-refractivity contribution in [1.29, 1.82) is 0 Å². The van der Waals surface area contributed by atoms with E-state index >= 15 is 0 Å². The molecule has 4 rings (SSSR count). The zero-order valence-electron chi connectivity index (χ0n) is 19.5. The lowest BCUT2D eigenvalue weighted by Gasteiger charge is -2.22. The summed E-state index contributed by atoms with van der Waals surface area (Å²) < 4.78 is 0. The maximum atomic E-state index is 12.9. The van der Waals surface area contributed by atoms with E-state index in [2.05, 4.69) is 20.9 Å². The molecule has 3 aromatic rings. The summed E-state index contributed by atoms with van der Waals surface area (Å²) in [6.07, 6.45) is 2.20. The fraction of sp³-hybridized carbons (Fsp3) is 0.259. The first kappa shape index (κ1) is 23.6. The van der Waals surface area contributed by atoms with Crippen molar-refractivity contribution in [3.05, 3.63) is 87.9 Å². The van der Waals surface area contributed by atoms with Gasteiger partial charge < -0.3 is 20.9 Å². The fourth-order valence-corrected chi connectivity index (χ4v) is 4.28.